The van der Waals surface area contributed by atoms with Crippen molar-refractivity contribution in [3.05, 3.63) is 47.9 Å². The Morgan fingerprint density at radius 3 is 2.62 bits per heavy atom. The lowest BCUT2D eigenvalue weighted by molar-refractivity contribution is 0.0696. The van der Waals surface area contributed by atoms with E-state index in [-0.39, 0.29) is 11.5 Å². The molecule has 0 aromatic carbocycles. The fraction of sp³-hybridized carbons (Fsp3) is 0.263. The van der Waals surface area contributed by atoms with Gasteiger partial charge in [-0.1, -0.05) is 6.92 Å². The van der Waals surface area contributed by atoms with Crippen LogP contribution in [0, 0.1) is 0 Å². The number of nitrogens with one attached hydrogen (secondary N) is 1. The largest absolute Gasteiger partial charge is 0.478 e. The van der Waals surface area contributed by atoms with Gasteiger partial charge in [-0.05, 0) is 37.6 Å². The highest BCUT2D eigenvalue weighted by molar-refractivity contribution is 5.99. The maximum atomic E-state index is 12.4. The van der Waals surface area contributed by atoms with E-state index in [0.717, 1.165) is 17.3 Å². The number of hydrogen-bond acceptors (Lipinski definition) is 4. The highest BCUT2D eigenvalue weighted by Gasteiger charge is 2.16. The first kappa shape index (κ1) is 17.6. The molecule has 0 saturated carbocycles. The third-order valence-electron chi connectivity index (χ3n) is 4.07. The van der Waals surface area contributed by atoms with Crippen molar-refractivity contribution in [1.82, 2.24) is 19.9 Å². The molecular weight excluding hydrogens is 332 g/mol. The summed E-state index contributed by atoms with van der Waals surface area (Å²) in [4.78, 5) is 32.2. The molecule has 0 atom stereocenters. The van der Waals surface area contributed by atoms with Crippen molar-refractivity contribution in [3.8, 4) is 11.4 Å². The smallest absolute Gasteiger partial charge is 0.335 e. The van der Waals surface area contributed by atoms with Crippen LogP contribution < -0.4 is 5.32 Å². The third kappa shape index (κ3) is 3.28. The molecule has 0 spiro atoms. The number of carboxylic acid groups (broad SMARTS) is 1. The van der Waals surface area contributed by atoms with Crippen LogP contribution in [0.15, 0.2) is 36.7 Å². The number of amides is 1. The molecule has 0 radical (unpaired) electrons. The lowest BCUT2D eigenvalue weighted by atomic mass is 10.1. The van der Waals surface area contributed by atoms with Gasteiger partial charge in [-0.3, -0.25) is 14.8 Å². The summed E-state index contributed by atoms with van der Waals surface area (Å²) in [5.74, 6) is -1.13. The molecule has 7 nitrogen and oxygen atoms in total. The van der Waals surface area contributed by atoms with Gasteiger partial charge in [0.2, 0.25) is 0 Å². The third-order valence-corrected chi connectivity index (χ3v) is 4.07. The van der Waals surface area contributed by atoms with Gasteiger partial charge in [0.25, 0.3) is 5.91 Å². The molecule has 0 aliphatic heterocycles. The molecule has 3 rings (SSSR count). The van der Waals surface area contributed by atoms with E-state index in [1.54, 1.807) is 6.20 Å². The number of aromatic nitrogens is 3. The highest BCUT2D eigenvalue weighted by atomic mass is 16.4. The van der Waals surface area contributed by atoms with Crippen molar-refractivity contribution in [2.75, 3.05) is 6.54 Å². The zero-order chi connectivity index (χ0) is 18.7. The van der Waals surface area contributed by atoms with Crippen LogP contribution in [-0.4, -0.2) is 38.1 Å². The van der Waals surface area contributed by atoms with Crippen LogP contribution in [0.25, 0.3) is 22.3 Å². The molecule has 26 heavy (non-hydrogen) atoms. The Hall–Kier alpha value is -3.22. The molecule has 0 aliphatic carbocycles. The average Bonchev–Trinajstić information content (AvgIpc) is 3.00. The number of carbonyl (C=O) groups excluding carboxylic acids is 1. The van der Waals surface area contributed by atoms with Gasteiger partial charge in [0.05, 0.1) is 28.7 Å². The van der Waals surface area contributed by atoms with Crippen LogP contribution in [0.5, 0.6) is 0 Å². The minimum Gasteiger partial charge on any atom is -0.478 e. The SMILES string of the molecule is CCCn1c(C(=O)NCC)cc2cc(-c3cc(C(=O)O)ccn3)ncc21. The second kappa shape index (κ2) is 7.35. The topological polar surface area (TPSA) is 97.1 Å². The quantitative estimate of drug-likeness (QED) is 0.711. The minimum atomic E-state index is -1.01. The van der Waals surface area contributed by atoms with Gasteiger partial charge in [-0.2, -0.15) is 0 Å². The number of carboxylic acids is 1. The Balaban J connectivity index is 2.10. The number of carbonyl (C=O) groups is 2. The van der Waals surface area contributed by atoms with E-state index in [2.05, 4.69) is 22.2 Å². The summed E-state index contributed by atoms with van der Waals surface area (Å²) in [5.41, 5.74) is 2.66. The fourth-order valence-corrected chi connectivity index (χ4v) is 2.91. The molecular formula is C19H20N4O3. The van der Waals surface area contributed by atoms with Crippen LogP contribution in [0.4, 0.5) is 0 Å². The number of pyridine rings is 2. The molecule has 7 heteroatoms. The van der Waals surface area contributed by atoms with Crippen LogP contribution >= 0.6 is 0 Å². The molecule has 0 aliphatic rings. The zero-order valence-electron chi connectivity index (χ0n) is 14.7. The molecule has 3 heterocycles. The van der Waals surface area contributed by atoms with E-state index < -0.39 is 5.97 Å². The number of aryl methyl sites for hydroxylation is 1. The van der Waals surface area contributed by atoms with Crippen LogP contribution in [0.2, 0.25) is 0 Å². The molecule has 3 aromatic heterocycles. The number of aromatic carboxylic acids is 1. The van der Waals surface area contributed by atoms with Crippen LogP contribution in [0.3, 0.4) is 0 Å². The van der Waals surface area contributed by atoms with Gasteiger partial charge in [0.15, 0.2) is 0 Å². The Morgan fingerprint density at radius 2 is 1.92 bits per heavy atom. The van der Waals surface area contributed by atoms with Crippen molar-refractivity contribution in [2.45, 2.75) is 26.8 Å². The normalized spacial score (nSPS) is 10.8. The second-order valence-corrected chi connectivity index (χ2v) is 5.90. The standard InChI is InChI=1S/C19H20N4O3/c1-3-7-23-16(18(24)20-4-2)10-13-9-15(22-11-17(13)23)14-8-12(19(25)26)5-6-21-14/h5-6,8-11H,3-4,7H2,1-2H3,(H,20,24)(H,25,26). The first-order chi connectivity index (χ1) is 12.5. The van der Waals surface area contributed by atoms with Crippen molar-refractivity contribution in [1.29, 1.82) is 0 Å². The molecule has 0 fully saturated rings. The first-order valence-corrected chi connectivity index (χ1v) is 8.52. The van der Waals surface area contributed by atoms with Crippen molar-refractivity contribution in [3.63, 3.8) is 0 Å². The zero-order valence-corrected chi connectivity index (χ0v) is 14.7. The Morgan fingerprint density at radius 1 is 1.15 bits per heavy atom. The molecule has 0 unspecified atom stereocenters. The average molecular weight is 352 g/mol. The van der Waals surface area contributed by atoms with E-state index >= 15 is 0 Å². The number of nitrogens with zero attached hydrogens (tertiary/aromatic N) is 3. The predicted octanol–water partition coefficient (Wildman–Crippen LogP) is 2.96. The summed E-state index contributed by atoms with van der Waals surface area (Å²) in [5, 5.41) is 12.8. The van der Waals surface area contributed by atoms with Gasteiger partial charge in [-0.15, -0.1) is 0 Å². The summed E-state index contributed by atoms with van der Waals surface area (Å²) in [6, 6.07) is 6.60. The van der Waals surface area contributed by atoms with Crippen molar-refractivity contribution < 1.29 is 14.7 Å². The van der Waals surface area contributed by atoms with E-state index in [9.17, 15) is 9.59 Å². The minimum absolute atomic E-state index is 0.121. The number of rotatable bonds is 6. The number of fused-ring (bicyclic) bond motifs is 1. The van der Waals surface area contributed by atoms with Gasteiger partial charge in [0, 0.05) is 24.7 Å². The van der Waals surface area contributed by atoms with Crippen molar-refractivity contribution in [2.24, 2.45) is 0 Å². The Bertz CT molecular complexity index is 978. The molecule has 0 bridgehead atoms. The van der Waals surface area contributed by atoms with Crippen LogP contribution in [0.1, 0.15) is 41.1 Å². The fourth-order valence-electron chi connectivity index (χ4n) is 2.91. The second-order valence-electron chi connectivity index (χ2n) is 5.90. The van der Waals surface area contributed by atoms with Gasteiger partial charge >= 0.3 is 5.97 Å². The van der Waals surface area contributed by atoms with E-state index in [1.807, 2.05) is 23.6 Å². The van der Waals surface area contributed by atoms with Crippen LogP contribution in [-0.2, 0) is 6.54 Å². The lowest BCUT2D eigenvalue weighted by Crippen LogP contribution is -2.25. The van der Waals surface area contributed by atoms with E-state index in [4.69, 9.17) is 5.11 Å². The summed E-state index contributed by atoms with van der Waals surface area (Å²) in [6.07, 6.45) is 4.05. The molecule has 1 amide bonds. The summed E-state index contributed by atoms with van der Waals surface area (Å²) < 4.78 is 1.96. The Kier molecular flexibility index (Phi) is 4.97. The Labute approximate surface area is 150 Å². The highest BCUT2D eigenvalue weighted by Crippen LogP contribution is 2.25. The first-order valence-electron chi connectivity index (χ1n) is 8.52. The lowest BCUT2D eigenvalue weighted by Gasteiger charge is -2.09. The summed E-state index contributed by atoms with van der Waals surface area (Å²) in [6.45, 7) is 5.20. The summed E-state index contributed by atoms with van der Waals surface area (Å²) in [7, 11) is 0. The molecule has 2 N–H and O–H groups in total. The predicted molar refractivity (Wildman–Crippen MR) is 98.2 cm³/mol. The van der Waals surface area contributed by atoms with Crippen molar-refractivity contribution >= 4 is 22.8 Å². The molecule has 134 valence electrons. The maximum Gasteiger partial charge on any atom is 0.335 e. The molecule has 0 saturated heterocycles. The van der Waals surface area contributed by atoms with Gasteiger partial charge in [-0.25, -0.2) is 4.79 Å². The van der Waals surface area contributed by atoms with E-state index in [1.165, 1.54) is 18.3 Å². The maximum absolute atomic E-state index is 12.4. The monoisotopic (exact) mass is 352 g/mol. The van der Waals surface area contributed by atoms with Gasteiger partial charge in [0.1, 0.15) is 5.69 Å². The summed E-state index contributed by atoms with van der Waals surface area (Å²) >= 11 is 0. The van der Waals surface area contributed by atoms with Gasteiger partial charge < -0.3 is 15.0 Å². The molecule has 3 aromatic rings. The van der Waals surface area contributed by atoms with E-state index in [0.29, 0.717) is 30.2 Å². The number of hydrogen-bond donors (Lipinski definition) is 2.